The Morgan fingerprint density at radius 3 is 2.05 bits per heavy atom. The lowest BCUT2D eigenvalue weighted by Crippen LogP contribution is -2.28. The number of benzene rings is 3. The first-order chi connectivity index (χ1) is 20.7. The predicted octanol–water partition coefficient (Wildman–Crippen LogP) is 6.20. The molecule has 210 valence electrons. The Kier molecular flexibility index (Phi) is 8.17. The summed E-state index contributed by atoms with van der Waals surface area (Å²) >= 11 is 0. The Labute approximate surface area is 243 Å². The van der Waals surface area contributed by atoms with E-state index in [0.717, 1.165) is 28.3 Å². The Balaban J connectivity index is 1.26. The van der Waals surface area contributed by atoms with Gasteiger partial charge in [0.2, 0.25) is 5.95 Å². The van der Waals surface area contributed by atoms with E-state index < -0.39 is 0 Å². The lowest BCUT2D eigenvalue weighted by atomic mass is 10.1. The molecule has 1 N–H and O–H groups in total. The van der Waals surface area contributed by atoms with E-state index in [4.69, 9.17) is 14.5 Å². The van der Waals surface area contributed by atoms with Gasteiger partial charge in [-0.2, -0.15) is 10.1 Å². The molecule has 0 atom stereocenters. The van der Waals surface area contributed by atoms with Crippen LogP contribution < -0.4 is 20.3 Å². The molecule has 9 nitrogen and oxygen atoms in total. The van der Waals surface area contributed by atoms with Crippen molar-refractivity contribution in [1.29, 1.82) is 0 Å². The summed E-state index contributed by atoms with van der Waals surface area (Å²) in [6.45, 7) is 0.864. The van der Waals surface area contributed by atoms with Crippen LogP contribution in [-0.4, -0.2) is 37.5 Å². The number of ether oxygens (including phenoxy) is 2. The largest absolute Gasteiger partial charge is 0.494 e. The van der Waals surface area contributed by atoms with Crippen LogP contribution in [0.5, 0.6) is 11.5 Å². The van der Waals surface area contributed by atoms with Gasteiger partial charge in [-0.15, -0.1) is 0 Å². The van der Waals surface area contributed by atoms with Crippen LogP contribution in [0, 0.1) is 0 Å². The fourth-order valence-electron chi connectivity index (χ4n) is 4.76. The number of para-hydroxylation sites is 2. The van der Waals surface area contributed by atoms with Crippen molar-refractivity contribution in [2.45, 2.75) is 18.9 Å². The van der Waals surface area contributed by atoms with Gasteiger partial charge in [-0.05, 0) is 60.7 Å². The topological polar surface area (TPSA) is 96.1 Å². The van der Waals surface area contributed by atoms with E-state index in [2.05, 4.69) is 15.4 Å². The number of anilines is 2. The fraction of sp³-hybridized carbons (Fsp3) is 0.152. The normalized spacial score (nSPS) is 11.1. The quantitative estimate of drug-likeness (QED) is 0.191. The highest BCUT2D eigenvalue weighted by Crippen LogP contribution is 2.23. The zero-order valence-corrected chi connectivity index (χ0v) is 22.9. The van der Waals surface area contributed by atoms with Gasteiger partial charge >= 0.3 is 0 Å². The molecule has 0 saturated heterocycles. The minimum absolute atomic E-state index is 0.139. The van der Waals surface area contributed by atoms with Crippen LogP contribution in [0.15, 0.2) is 127 Å². The van der Waals surface area contributed by atoms with E-state index >= 15 is 0 Å². The molecular weight excluding hydrogens is 528 g/mol. The molecule has 6 aromatic rings. The predicted molar refractivity (Wildman–Crippen MR) is 163 cm³/mol. The highest BCUT2D eigenvalue weighted by Gasteiger charge is 2.18. The third kappa shape index (κ3) is 6.47. The van der Waals surface area contributed by atoms with Gasteiger partial charge in [0.05, 0.1) is 18.9 Å². The molecular formula is C33H30N6O3. The van der Waals surface area contributed by atoms with Crippen LogP contribution >= 0.6 is 0 Å². The number of hydrogen-bond donors (Lipinski definition) is 1. The SMILES string of the molecule is O=c1ccc2cnc(Nc3ccc(-n4cccn4)cc3)nc2n1C(CCOc1ccccc1)CCOc1ccccc1. The molecule has 42 heavy (non-hydrogen) atoms. The third-order valence-electron chi connectivity index (χ3n) is 6.85. The van der Waals surface area contributed by atoms with E-state index in [-0.39, 0.29) is 11.6 Å². The van der Waals surface area contributed by atoms with Crippen LogP contribution in [0.25, 0.3) is 16.7 Å². The molecule has 0 unspecified atom stereocenters. The van der Waals surface area contributed by atoms with Crippen molar-refractivity contribution in [3.8, 4) is 17.2 Å². The smallest absolute Gasteiger partial charge is 0.252 e. The lowest BCUT2D eigenvalue weighted by molar-refractivity contribution is 0.237. The Bertz CT molecular complexity index is 1730. The number of nitrogens with one attached hydrogen (secondary N) is 1. The molecule has 3 heterocycles. The van der Waals surface area contributed by atoms with E-state index in [1.165, 1.54) is 0 Å². The summed E-state index contributed by atoms with van der Waals surface area (Å²) in [5.41, 5.74) is 2.17. The van der Waals surface area contributed by atoms with Crippen LogP contribution in [0.2, 0.25) is 0 Å². The first kappa shape index (κ1) is 26.8. The minimum atomic E-state index is -0.218. The molecule has 0 aliphatic rings. The molecule has 0 saturated carbocycles. The molecule has 0 spiro atoms. The maximum Gasteiger partial charge on any atom is 0.252 e. The van der Waals surface area contributed by atoms with Crippen molar-refractivity contribution >= 4 is 22.7 Å². The minimum Gasteiger partial charge on any atom is -0.494 e. The van der Waals surface area contributed by atoms with Gasteiger partial charge < -0.3 is 14.8 Å². The Morgan fingerprint density at radius 1 is 0.762 bits per heavy atom. The van der Waals surface area contributed by atoms with Crippen molar-refractivity contribution in [3.63, 3.8) is 0 Å². The van der Waals surface area contributed by atoms with Gasteiger partial charge in [-0.1, -0.05) is 36.4 Å². The van der Waals surface area contributed by atoms with Crippen molar-refractivity contribution in [1.82, 2.24) is 24.3 Å². The van der Waals surface area contributed by atoms with Gasteiger partial charge in [0.1, 0.15) is 17.1 Å². The van der Waals surface area contributed by atoms with E-state index in [9.17, 15) is 4.79 Å². The summed E-state index contributed by atoms with van der Waals surface area (Å²) in [5.74, 6) is 1.97. The van der Waals surface area contributed by atoms with Crippen LogP contribution in [0.3, 0.4) is 0 Å². The van der Waals surface area contributed by atoms with Crippen LogP contribution in [0.1, 0.15) is 18.9 Å². The molecule has 0 aliphatic carbocycles. The number of nitrogens with zero attached hydrogens (tertiary/aromatic N) is 5. The van der Waals surface area contributed by atoms with E-state index in [0.29, 0.717) is 37.7 Å². The molecule has 3 aromatic carbocycles. The monoisotopic (exact) mass is 558 g/mol. The lowest BCUT2D eigenvalue weighted by Gasteiger charge is -2.22. The van der Waals surface area contributed by atoms with Gasteiger partial charge in [-0.25, -0.2) is 9.67 Å². The molecule has 0 radical (unpaired) electrons. The highest BCUT2D eigenvalue weighted by atomic mass is 16.5. The van der Waals surface area contributed by atoms with Gasteiger partial charge in [0.15, 0.2) is 0 Å². The standard InChI is InChI=1S/C33H30N6O3/c40-31-17-12-25-24-34-33(36-26-13-15-27(16-14-26)38-21-7-20-35-38)37-32(25)39(31)28(18-22-41-29-8-3-1-4-9-29)19-23-42-30-10-5-2-6-11-30/h1-17,20-21,24,28H,18-19,22-23H2,(H,34,36,37). The fourth-order valence-corrected chi connectivity index (χ4v) is 4.76. The first-order valence-electron chi connectivity index (χ1n) is 13.8. The van der Waals surface area contributed by atoms with Crippen LogP contribution in [0.4, 0.5) is 11.6 Å². The van der Waals surface area contributed by atoms with Gasteiger partial charge in [-0.3, -0.25) is 9.36 Å². The van der Waals surface area contributed by atoms with Crippen molar-refractivity contribution in [2.75, 3.05) is 18.5 Å². The summed E-state index contributed by atoms with van der Waals surface area (Å²) in [6, 6.07) is 32.1. The number of fused-ring (bicyclic) bond motifs is 1. The number of hydrogen-bond acceptors (Lipinski definition) is 7. The number of pyridine rings is 1. The second-order valence-electron chi connectivity index (χ2n) is 9.69. The summed E-state index contributed by atoms with van der Waals surface area (Å²) < 4.78 is 15.5. The average Bonchev–Trinajstić information content (AvgIpc) is 3.57. The highest BCUT2D eigenvalue weighted by molar-refractivity contribution is 5.76. The molecule has 0 amide bonds. The van der Waals surface area contributed by atoms with Crippen molar-refractivity contribution < 1.29 is 9.47 Å². The number of rotatable bonds is 12. The summed E-state index contributed by atoms with van der Waals surface area (Å²) in [5, 5.41) is 8.30. The summed E-state index contributed by atoms with van der Waals surface area (Å²) in [6.07, 6.45) is 6.54. The van der Waals surface area contributed by atoms with E-state index in [1.807, 2.05) is 97.2 Å². The zero-order chi connectivity index (χ0) is 28.6. The number of aromatic nitrogens is 5. The zero-order valence-electron chi connectivity index (χ0n) is 22.9. The maximum atomic E-state index is 13.4. The molecule has 6 rings (SSSR count). The Hall–Kier alpha value is -5.44. The van der Waals surface area contributed by atoms with Gasteiger partial charge in [0, 0.05) is 54.6 Å². The van der Waals surface area contributed by atoms with Crippen molar-refractivity contribution in [2.24, 2.45) is 0 Å². The van der Waals surface area contributed by atoms with Crippen molar-refractivity contribution in [3.05, 3.63) is 132 Å². The van der Waals surface area contributed by atoms with E-state index in [1.54, 1.807) is 33.8 Å². The summed E-state index contributed by atoms with van der Waals surface area (Å²) in [4.78, 5) is 22.7. The second kappa shape index (κ2) is 12.8. The third-order valence-corrected chi connectivity index (χ3v) is 6.85. The molecule has 9 heteroatoms. The van der Waals surface area contributed by atoms with Gasteiger partial charge in [0.25, 0.3) is 5.56 Å². The molecule has 0 bridgehead atoms. The Morgan fingerprint density at radius 2 is 1.43 bits per heavy atom. The average molecular weight is 559 g/mol. The summed E-state index contributed by atoms with van der Waals surface area (Å²) in [7, 11) is 0. The van der Waals surface area contributed by atoms with Crippen LogP contribution in [-0.2, 0) is 0 Å². The first-order valence-corrected chi connectivity index (χ1v) is 13.8. The molecule has 0 fully saturated rings. The second-order valence-corrected chi connectivity index (χ2v) is 9.69. The molecule has 0 aliphatic heterocycles. The maximum absolute atomic E-state index is 13.4. The molecule has 3 aromatic heterocycles.